The molecular weight excluding hydrogens is 128 g/mol. The minimum atomic E-state index is 0.404. The van der Waals surface area contributed by atoms with E-state index >= 15 is 0 Å². The van der Waals surface area contributed by atoms with E-state index < -0.39 is 0 Å². The van der Waals surface area contributed by atoms with Crippen LogP contribution in [0.2, 0.25) is 0 Å². The van der Waals surface area contributed by atoms with E-state index in [1.807, 2.05) is 0 Å². The second-order valence-electron chi connectivity index (χ2n) is 1.58. The standard InChI is InChI=1S/C4H8OS2/c6-1-3-4(2-7)5-3/h3-4,6-7H,1-2H2/t3-,4+. The fourth-order valence-corrected chi connectivity index (χ4v) is 1.14. The van der Waals surface area contributed by atoms with Gasteiger partial charge < -0.3 is 4.74 Å². The van der Waals surface area contributed by atoms with Crippen molar-refractivity contribution in [1.29, 1.82) is 0 Å². The molecule has 0 unspecified atom stereocenters. The highest BCUT2D eigenvalue weighted by Gasteiger charge is 2.35. The average molecular weight is 136 g/mol. The first-order chi connectivity index (χ1) is 3.38. The minimum Gasteiger partial charge on any atom is -0.368 e. The zero-order chi connectivity index (χ0) is 5.28. The summed E-state index contributed by atoms with van der Waals surface area (Å²) in [7, 11) is 0. The van der Waals surface area contributed by atoms with Crippen LogP contribution in [0.1, 0.15) is 0 Å². The molecule has 1 aliphatic rings. The number of rotatable bonds is 2. The van der Waals surface area contributed by atoms with E-state index in [4.69, 9.17) is 4.74 Å². The number of hydrogen-bond donors (Lipinski definition) is 2. The molecule has 1 saturated heterocycles. The molecule has 0 N–H and O–H groups in total. The van der Waals surface area contributed by atoms with Gasteiger partial charge in [0.1, 0.15) is 0 Å². The van der Waals surface area contributed by atoms with Gasteiger partial charge in [0, 0.05) is 11.5 Å². The van der Waals surface area contributed by atoms with Crippen LogP contribution >= 0.6 is 25.3 Å². The zero-order valence-electron chi connectivity index (χ0n) is 3.87. The fourth-order valence-electron chi connectivity index (χ4n) is 0.500. The molecule has 0 aromatic heterocycles. The largest absolute Gasteiger partial charge is 0.368 e. The second kappa shape index (κ2) is 2.29. The zero-order valence-corrected chi connectivity index (χ0v) is 5.66. The van der Waals surface area contributed by atoms with Gasteiger partial charge in [-0.1, -0.05) is 0 Å². The Hall–Kier alpha value is 0.660. The summed E-state index contributed by atoms with van der Waals surface area (Å²) in [6.07, 6.45) is 0.807. The molecular formula is C4H8OS2. The van der Waals surface area contributed by atoms with Crippen molar-refractivity contribution < 1.29 is 4.74 Å². The third-order valence-corrected chi connectivity index (χ3v) is 1.77. The quantitative estimate of drug-likeness (QED) is 0.419. The number of hydrogen-bond acceptors (Lipinski definition) is 3. The van der Waals surface area contributed by atoms with Crippen molar-refractivity contribution in [2.75, 3.05) is 11.5 Å². The lowest BCUT2D eigenvalue weighted by Gasteiger charge is -1.77. The highest BCUT2D eigenvalue weighted by Crippen LogP contribution is 2.23. The average Bonchev–Trinajstić information content (AvgIpc) is 2.43. The molecule has 1 nitrogen and oxygen atoms in total. The lowest BCUT2D eigenvalue weighted by molar-refractivity contribution is 0.393. The second-order valence-corrected chi connectivity index (χ2v) is 2.31. The van der Waals surface area contributed by atoms with Crippen molar-refractivity contribution in [3.05, 3.63) is 0 Å². The van der Waals surface area contributed by atoms with Gasteiger partial charge >= 0.3 is 0 Å². The number of epoxide rings is 1. The van der Waals surface area contributed by atoms with Gasteiger partial charge in [0.2, 0.25) is 0 Å². The Morgan fingerprint density at radius 3 is 1.71 bits per heavy atom. The van der Waals surface area contributed by atoms with Gasteiger partial charge in [-0.15, -0.1) is 0 Å². The predicted octanol–water partition coefficient (Wildman–Crippen LogP) is 0.613. The molecule has 1 aliphatic heterocycles. The minimum absolute atomic E-state index is 0.404. The van der Waals surface area contributed by atoms with Crippen molar-refractivity contribution in [1.82, 2.24) is 0 Å². The van der Waals surface area contributed by atoms with Crippen LogP contribution in [0.5, 0.6) is 0 Å². The summed E-state index contributed by atoms with van der Waals surface area (Å²) < 4.78 is 5.06. The smallest absolute Gasteiger partial charge is 0.0937 e. The highest BCUT2D eigenvalue weighted by molar-refractivity contribution is 7.80. The molecule has 0 aromatic carbocycles. The van der Waals surface area contributed by atoms with Crippen molar-refractivity contribution in [2.45, 2.75) is 12.2 Å². The maximum atomic E-state index is 5.06. The monoisotopic (exact) mass is 136 g/mol. The van der Waals surface area contributed by atoms with E-state index in [1.54, 1.807) is 0 Å². The molecule has 1 heterocycles. The Balaban J connectivity index is 2.06. The third kappa shape index (κ3) is 1.27. The molecule has 0 spiro atoms. The Morgan fingerprint density at radius 1 is 1.14 bits per heavy atom. The molecule has 0 bridgehead atoms. The van der Waals surface area contributed by atoms with Crippen LogP contribution in [-0.2, 0) is 4.74 Å². The third-order valence-electron chi connectivity index (χ3n) is 1.05. The van der Waals surface area contributed by atoms with Gasteiger partial charge in [-0.3, -0.25) is 0 Å². The SMILES string of the molecule is SC[C@@H]1O[C@@H]1CS. The summed E-state index contributed by atoms with van der Waals surface area (Å²) in [5, 5.41) is 0. The Labute approximate surface area is 54.3 Å². The highest BCUT2D eigenvalue weighted by atomic mass is 32.1. The molecule has 2 atom stereocenters. The molecule has 0 aromatic rings. The van der Waals surface area contributed by atoms with Crippen molar-refractivity contribution >= 4 is 25.3 Å². The van der Waals surface area contributed by atoms with Crippen LogP contribution in [0.4, 0.5) is 0 Å². The van der Waals surface area contributed by atoms with Gasteiger partial charge in [0.25, 0.3) is 0 Å². The van der Waals surface area contributed by atoms with Crippen LogP contribution < -0.4 is 0 Å². The molecule has 42 valence electrons. The van der Waals surface area contributed by atoms with E-state index in [0.717, 1.165) is 11.5 Å². The Morgan fingerprint density at radius 2 is 1.57 bits per heavy atom. The summed E-state index contributed by atoms with van der Waals surface area (Å²) in [5.74, 6) is 1.68. The summed E-state index contributed by atoms with van der Waals surface area (Å²) in [6, 6.07) is 0. The van der Waals surface area contributed by atoms with E-state index in [2.05, 4.69) is 25.3 Å². The van der Waals surface area contributed by atoms with Gasteiger partial charge in [0.05, 0.1) is 12.2 Å². The van der Waals surface area contributed by atoms with E-state index in [9.17, 15) is 0 Å². The molecule has 0 aliphatic carbocycles. The van der Waals surface area contributed by atoms with Crippen molar-refractivity contribution in [3.63, 3.8) is 0 Å². The van der Waals surface area contributed by atoms with Crippen molar-refractivity contribution in [2.24, 2.45) is 0 Å². The number of ether oxygens (including phenoxy) is 1. The summed E-state index contributed by atoms with van der Waals surface area (Å²) in [5.41, 5.74) is 0. The van der Waals surface area contributed by atoms with Crippen molar-refractivity contribution in [3.8, 4) is 0 Å². The molecule has 0 radical (unpaired) electrons. The van der Waals surface area contributed by atoms with E-state index in [1.165, 1.54) is 0 Å². The maximum Gasteiger partial charge on any atom is 0.0937 e. The van der Waals surface area contributed by atoms with Crippen LogP contribution in [0, 0.1) is 0 Å². The molecule has 1 fully saturated rings. The summed E-state index contributed by atoms with van der Waals surface area (Å²) in [6.45, 7) is 0. The van der Waals surface area contributed by atoms with Gasteiger partial charge in [-0.05, 0) is 0 Å². The first-order valence-corrected chi connectivity index (χ1v) is 3.52. The van der Waals surface area contributed by atoms with Crippen LogP contribution in [-0.4, -0.2) is 23.7 Å². The predicted molar refractivity (Wildman–Crippen MR) is 36.4 cm³/mol. The summed E-state index contributed by atoms with van der Waals surface area (Å²) >= 11 is 8.06. The Bertz CT molecular complexity index is 58.7. The molecule has 3 heteroatoms. The van der Waals surface area contributed by atoms with Crippen LogP contribution in [0.15, 0.2) is 0 Å². The van der Waals surface area contributed by atoms with Gasteiger partial charge in [0.15, 0.2) is 0 Å². The topological polar surface area (TPSA) is 12.5 Å². The molecule has 7 heavy (non-hydrogen) atoms. The fraction of sp³-hybridized carbons (Fsp3) is 1.00. The van der Waals surface area contributed by atoms with Gasteiger partial charge in [-0.25, -0.2) is 0 Å². The lowest BCUT2D eigenvalue weighted by Crippen LogP contribution is -1.94. The van der Waals surface area contributed by atoms with Gasteiger partial charge in [-0.2, -0.15) is 25.3 Å². The van der Waals surface area contributed by atoms with E-state index in [-0.39, 0.29) is 0 Å². The van der Waals surface area contributed by atoms with E-state index in [0.29, 0.717) is 12.2 Å². The molecule has 0 saturated carbocycles. The van der Waals surface area contributed by atoms with Crippen LogP contribution in [0.25, 0.3) is 0 Å². The maximum absolute atomic E-state index is 5.06. The normalized spacial score (nSPS) is 38.6. The first-order valence-electron chi connectivity index (χ1n) is 2.25. The lowest BCUT2D eigenvalue weighted by atomic mass is 10.4. The molecule has 0 amide bonds. The molecule has 1 rings (SSSR count). The van der Waals surface area contributed by atoms with Crippen LogP contribution in [0.3, 0.4) is 0 Å². The Kier molecular flexibility index (Phi) is 1.89. The summed E-state index contributed by atoms with van der Waals surface area (Å²) in [4.78, 5) is 0. The number of thiol groups is 2. The first kappa shape index (κ1) is 5.79.